The summed E-state index contributed by atoms with van der Waals surface area (Å²) in [4.78, 5) is 2.12. The molecule has 0 aliphatic rings. The monoisotopic (exact) mass is 179 g/mol. The van der Waals surface area contributed by atoms with Crippen molar-refractivity contribution < 1.29 is 0 Å². The molecule has 0 heterocycles. The Balaban J connectivity index is 0.000000424. The number of nitrogens with zero attached hydrogens (tertiary/aromatic N) is 1. The van der Waals surface area contributed by atoms with Gasteiger partial charge in [-0.2, -0.15) is 0 Å². The summed E-state index contributed by atoms with van der Waals surface area (Å²) in [5, 5.41) is 0. The van der Waals surface area contributed by atoms with E-state index in [1.54, 1.807) is 0 Å². The molecule has 0 aliphatic carbocycles. The Morgan fingerprint density at radius 1 is 1.08 bits per heavy atom. The van der Waals surface area contributed by atoms with E-state index < -0.39 is 0 Å². The van der Waals surface area contributed by atoms with Crippen LogP contribution in [-0.4, -0.2) is 14.1 Å². The van der Waals surface area contributed by atoms with Gasteiger partial charge in [0, 0.05) is 19.8 Å². The van der Waals surface area contributed by atoms with Crippen molar-refractivity contribution >= 4 is 5.69 Å². The summed E-state index contributed by atoms with van der Waals surface area (Å²) >= 11 is 0. The minimum Gasteiger partial charge on any atom is -0.377 e. The predicted octanol–water partition coefficient (Wildman–Crippen LogP) is 3.48. The van der Waals surface area contributed by atoms with Gasteiger partial charge in [-0.1, -0.05) is 38.5 Å². The predicted molar refractivity (Wildman–Crippen MR) is 61.5 cm³/mol. The lowest BCUT2D eigenvalue weighted by Crippen LogP contribution is -2.09. The van der Waals surface area contributed by atoms with E-state index in [2.05, 4.69) is 64.0 Å². The third-order valence-corrected chi connectivity index (χ3v) is 1.60. The molecule has 1 aromatic carbocycles. The molecule has 0 saturated heterocycles. The zero-order chi connectivity index (χ0) is 10.3. The van der Waals surface area contributed by atoms with Gasteiger partial charge in [0.05, 0.1) is 0 Å². The smallest absolute Gasteiger partial charge is 0.0390 e. The molecule has 0 aromatic heterocycles. The second-order valence-corrected chi connectivity index (χ2v) is 3.39. The summed E-state index contributed by atoms with van der Waals surface area (Å²) in [5.41, 5.74) is 2.62. The van der Waals surface area contributed by atoms with Crippen LogP contribution in [0.3, 0.4) is 0 Å². The molecule has 1 heteroatoms. The number of aryl methyl sites for hydroxylation is 1. The normalized spacial score (nSPS) is 8.69. The molecule has 1 rings (SSSR count). The van der Waals surface area contributed by atoms with Crippen LogP contribution in [0.25, 0.3) is 0 Å². The molecule has 0 unspecified atom stereocenters. The van der Waals surface area contributed by atoms with E-state index in [0.717, 1.165) is 0 Å². The first-order valence-electron chi connectivity index (χ1n) is 4.86. The third kappa shape index (κ3) is 4.56. The van der Waals surface area contributed by atoms with Gasteiger partial charge in [-0.25, -0.2) is 0 Å². The minimum absolute atomic E-state index is 1.25. The van der Waals surface area contributed by atoms with Crippen LogP contribution in [0.1, 0.15) is 25.8 Å². The minimum atomic E-state index is 1.25. The third-order valence-electron chi connectivity index (χ3n) is 1.60. The highest BCUT2D eigenvalue weighted by Gasteiger charge is 1.95. The maximum Gasteiger partial charge on any atom is 0.0390 e. The fourth-order valence-corrected chi connectivity index (χ4v) is 1.07. The van der Waals surface area contributed by atoms with Crippen molar-refractivity contribution in [2.24, 2.45) is 0 Å². The van der Waals surface area contributed by atoms with Gasteiger partial charge < -0.3 is 4.90 Å². The summed E-state index contributed by atoms with van der Waals surface area (Å²) in [6.07, 6.45) is 1.25. The lowest BCUT2D eigenvalue weighted by Gasteiger charge is -2.14. The van der Waals surface area contributed by atoms with E-state index in [-0.39, 0.29) is 0 Å². The lowest BCUT2D eigenvalue weighted by atomic mass is 10.2. The van der Waals surface area contributed by atoms with Gasteiger partial charge in [0.1, 0.15) is 0 Å². The van der Waals surface area contributed by atoms with E-state index in [4.69, 9.17) is 0 Å². The molecule has 0 fully saturated rings. The Kier molecular flexibility index (Phi) is 6.03. The first kappa shape index (κ1) is 12.0. The van der Waals surface area contributed by atoms with Crippen molar-refractivity contribution in [1.82, 2.24) is 0 Å². The number of hydrogen-bond acceptors (Lipinski definition) is 1. The fraction of sp³-hybridized carbons (Fsp3) is 0.500. The highest BCUT2D eigenvalue weighted by molar-refractivity contribution is 5.51. The molecule has 0 spiro atoms. The first-order chi connectivity index (χ1) is 6.13. The van der Waals surface area contributed by atoms with Crippen LogP contribution < -0.4 is 4.90 Å². The average Bonchev–Trinajstić information content (AvgIpc) is 2.06. The molecule has 13 heavy (non-hydrogen) atoms. The molecule has 1 aromatic rings. The topological polar surface area (TPSA) is 3.24 Å². The van der Waals surface area contributed by atoms with Crippen molar-refractivity contribution in [3.8, 4) is 0 Å². The van der Waals surface area contributed by atoms with E-state index in [1.165, 1.54) is 17.7 Å². The summed E-state index contributed by atoms with van der Waals surface area (Å²) in [6, 6.07) is 8.36. The van der Waals surface area contributed by atoms with Crippen LogP contribution in [0.15, 0.2) is 24.3 Å². The summed E-state index contributed by atoms with van der Waals surface area (Å²) in [7, 11) is 4.12. The number of hydrogen-bond donors (Lipinski definition) is 0. The molecule has 1 nitrogen and oxygen atoms in total. The standard InChI is InChI=1S/C9H13N.C3H8/c1-8-6-4-5-7-9(8)10(2)3;1-3-2/h4-7H,1-3H3;3H2,1-2H3. The van der Waals surface area contributed by atoms with Crippen molar-refractivity contribution in [3.05, 3.63) is 29.8 Å². The van der Waals surface area contributed by atoms with Crippen molar-refractivity contribution in [1.29, 1.82) is 0 Å². The highest BCUT2D eigenvalue weighted by atomic mass is 15.1. The van der Waals surface area contributed by atoms with Crippen LogP contribution in [0.4, 0.5) is 5.69 Å². The first-order valence-corrected chi connectivity index (χ1v) is 4.86. The SMILES string of the molecule is CCC.Cc1ccccc1N(C)C. The molecular weight excluding hydrogens is 158 g/mol. The summed E-state index contributed by atoms with van der Waals surface area (Å²) in [5.74, 6) is 0. The molecule has 0 bridgehead atoms. The number of benzene rings is 1. The van der Waals surface area contributed by atoms with Crippen molar-refractivity contribution in [2.75, 3.05) is 19.0 Å². The molecule has 74 valence electrons. The second-order valence-electron chi connectivity index (χ2n) is 3.39. The van der Waals surface area contributed by atoms with Crippen LogP contribution >= 0.6 is 0 Å². The Morgan fingerprint density at radius 3 is 1.85 bits per heavy atom. The molecule has 0 radical (unpaired) electrons. The molecule has 0 aliphatic heterocycles. The summed E-state index contributed by atoms with van der Waals surface area (Å²) < 4.78 is 0. The Bertz CT molecular complexity index is 228. The largest absolute Gasteiger partial charge is 0.377 e. The van der Waals surface area contributed by atoms with Crippen molar-refractivity contribution in [2.45, 2.75) is 27.2 Å². The zero-order valence-corrected chi connectivity index (χ0v) is 9.46. The van der Waals surface area contributed by atoms with E-state index in [9.17, 15) is 0 Å². The maximum atomic E-state index is 2.12. The quantitative estimate of drug-likeness (QED) is 0.638. The maximum absolute atomic E-state index is 2.12. The van der Waals surface area contributed by atoms with Crippen molar-refractivity contribution in [3.63, 3.8) is 0 Å². The molecule has 0 N–H and O–H groups in total. The molecule has 0 amide bonds. The van der Waals surface area contributed by atoms with Gasteiger partial charge in [0.15, 0.2) is 0 Å². The van der Waals surface area contributed by atoms with E-state index >= 15 is 0 Å². The van der Waals surface area contributed by atoms with Crippen LogP contribution in [0.2, 0.25) is 0 Å². The molecule has 0 atom stereocenters. The van der Waals surface area contributed by atoms with Crippen LogP contribution in [0, 0.1) is 6.92 Å². The fourth-order valence-electron chi connectivity index (χ4n) is 1.07. The molecule has 0 saturated carbocycles. The second kappa shape index (κ2) is 6.53. The Morgan fingerprint density at radius 2 is 1.54 bits per heavy atom. The van der Waals surface area contributed by atoms with Gasteiger partial charge in [0.25, 0.3) is 0 Å². The average molecular weight is 179 g/mol. The Hall–Kier alpha value is -0.980. The van der Waals surface area contributed by atoms with Crippen LogP contribution in [-0.2, 0) is 0 Å². The number of anilines is 1. The number of rotatable bonds is 1. The zero-order valence-electron chi connectivity index (χ0n) is 9.46. The van der Waals surface area contributed by atoms with Gasteiger partial charge in [-0.05, 0) is 18.6 Å². The lowest BCUT2D eigenvalue weighted by molar-refractivity contribution is 1.09. The van der Waals surface area contributed by atoms with Crippen LogP contribution in [0.5, 0.6) is 0 Å². The van der Waals surface area contributed by atoms with E-state index in [0.29, 0.717) is 0 Å². The van der Waals surface area contributed by atoms with E-state index in [1.807, 2.05) is 0 Å². The number of para-hydroxylation sites is 1. The van der Waals surface area contributed by atoms with Gasteiger partial charge >= 0.3 is 0 Å². The van der Waals surface area contributed by atoms with Gasteiger partial charge in [-0.3, -0.25) is 0 Å². The highest BCUT2D eigenvalue weighted by Crippen LogP contribution is 2.15. The molecular formula is C12H21N. The summed E-state index contributed by atoms with van der Waals surface area (Å²) in [6.45, 7) is 6.37. The Labute approximate surface area is 82.4 Å². The van der Waals surface area contributed by atoms with Gasteiger partial charge in [0.2, 0.25) is 0 Å². The van der Waals surface area contributed by atoms with Gasteiger partial charge in [-0.15, -0.1) is 0 Å².